The molecular formula is C9H7BrO2S. The van der Waals surface area contributed by atoms with Crippen molar-refractivity contribution >= 4 is 37.4 Å². The lowest BCUT2D eigenvalue weighted by Gasteiger charge is -2.00. The van der Waals surface area contributed by atoms with Crippen LogP contribution in [0.3, 0.4) is 0 Å². The summed E-state index contributed by atoms with van der Waals surface area (Å²) in [5, 5.41) is 21.3. The van der Waals surface area contributed by atoms with Crippen LogP contribution < -0.4 is 0 Å². The fourth-order valence-corrected chi connectivity index (χ4v) is 2.80. The maximum Gasteiger partial charge on any atom is 0.121 e. The SMILES string of the molecule is OCc1cc2scc(Br)c2cc1O. The van der Waals surface area contributed by atoms with E-state index in [1.54, 1.807) is 23.5 Å². The van der Waals surface area contributed by atoms with Crippen LogP contribution >= 0.6 is 27.3 Å². The molecule has 0 fully saturated rings. The number of hydrogen-bond donors (Lipinski definition) is 2. The molecule has 1 aromatic heterocycles. The molecule has 0 spiro atoms. The molecule has 1 heterocycles. The first-order valence-electron chi connectivity index (χ1n) is 3.72. The number of aliphatic hydroxyl groups is 1. The average molecular weight is 259 g/mol. The molecule has 0 bridgehead atoms. The van der Waals surface area contributed by atoms with E-state index in [9.17, 15) is 5.11 Å². The Labute approximate surface area is 87.6 Å². The van der Waals surface area contributed by atoms with Crippen molar-refractivity contribution < 1.29 is 10.2 Å². The molecule has 13 heavy (non-hydrogen) atoms. The second-order valence-corrected chi connectivity index (χ2v) is 4.48. The standard InChI is InChI=1S/C9H7BrO2S/c10-7-4-13-9-1-5(3-11)8(12)2-6(7)9/h1-2,4,11-12H,3H2. The minimum Gasteiger partial charge on any atom is -0.508 e. The van der Waals surface area contributed by atoms with Crippen molar-refractivity contribution in [3.05, 3.63) is 27.5 Å². The van der Waals surface area contributed by atoms with Gasteiger partial charge in [-0.3, -0.25) is 0 Å². The van der Waals surface area contributed by atoms with E-state index in [1.807, 2.05) is 5.38 Å². The van der Waals surface area contributed by atoms with Gasteiger partial charge in [0.1, 0.15) is 5.75 Å². The Kier molecular flexibility index (Phi) is 2.27. The summed E-state index contributed by atoms with van der Waals surface area (Å²) in [6.45, 7) is -0.128. The van der Waals surface area contributed by atoms with E-state index in [0.717, 1.165) is 14.6 Å². The van der Waals surface area contributed by atoms with Crippen LogP contribution in [0, 0.1) is 0 Å². The van der Waals surface area contributed by atoms with Gasteiger partial charge in [-0.25, -0.2) is 0 Å². The van der Waals surface area contributed by atoms with Crippen molar-refractivity contribution in [1.29, 1.82) is 0 Å². The quantitative estimate of drug-likeness (QED) is 0.826. The number of aliphatic hydroxyl groups excluding tert-OH is 1. The number of fused-ring (bicyclic) bond motifs is 1. The van der Waals surface area contributed by atoms with Gasteiger partial charge >= 0.3 is 0 Å². The highest BCUT2D eigenvalue weighted by molar-refractivity contribution is 9.10. The smallest absolute Gasteiger partial charge is 0.121 e. The first-order chi connectivity index (χ1) is 6.22. The molecule has 0 radical (unpaired) electrons. The number of benzene rings is 1. The summed E-state index contributed by atoms with van der Waals surface area (Å²) in [6.07, 6.45) is 0. The number of thiophene rings is 1. The molecule has 2 rings (SSSR count). The highest BCUT2D eigenvalue weighted by Crippen LogP contribution is 2.34. The van der Waals surface area contributed by atoms with E-state index in [-0.39, 0.29) is 12.4 Å². The molecule has 0 aliphatic carbocycles. The van der Waals surface area contributed by atoms with Gasteiger partial charge in [-0.1, -0.05) is 0 Å². The molecule has 4 heteroatoms. The second-order valence-electron chi connectivity index (χ2n) is 2.72. The maximum atomic E-state index is 9.48. The summed E-state index contributed by atoms with van der Waals surface area (Å²) in [5.41, 5.74) is 0.571. The van der Waals surface area contributed by atoms with E-state index in [0.29, 0.717) is 5.56 Å². The van der Waals surface area contributed by atoms with Gasteiger partial charge in [-0.05, 0) is 28.1 Å². The van der Waals surface area contributed by atoms with Gasteiger partial charge < -0.3 is 10.2 Å². The van der Waals surface area contributed by atoms with Crippen LogP contribution in [0.2, 0.25) is 0 Å². The molecule has 0 unspecified atom stereocenters. The van der Waals surface area contributed by atoms with Gasteiger partial charge in [0.05, 0.1) is 6.61 Å². The number of hydrogen-bond acceptors (Lipinski definition) is 3. The minimum atomic E-state index is -0.128. The predicted octanol–water partition coefficient (Wildman–Crippen LogP) is 2.86. The summed E-state index contributed by atoms with van der Waals surface area (Å²) >= 11 is 4.97. The largest absolute Gasteiger partial charge is 0.508 e. The number of aromatic hydroxyl groups is 1. The van der Waals surface area contributed by atoms with E-state index in [2.05, 4.69) is 15.9 Å². The van der Waals surface area contributed by atoms with E-state index < -0.39 is 0 Å². The van der Waals surface area contributed by atoms with Crippen LogP contribution in [0.25, 0.3) is 10.1 Å². The van der Waals surface area contributed by atoms with Gasteiger partial charge in [0.2, 0.25) is 0 Å². The number of halogens is 1. The molecule has 68 valence electrons. The summed E-state index contributed by atoms with van der Waals surface area (Å²) in [4.78, 5) is 0. The Morgan fingerprint density at radius 1 is 1.38 bits per heavy atom. The third kappa shape index (κ3) is 1.45. The third-order valence-electron chi connectivity index (χ3n) is 1.90. The van der Waals surface area contributed by atoms with E-state index in [4.69, 9.17) is 5.11 Å². The zero-order valence-electron chi connectivity index (χ0n) is 6.62. The number of phenols is 1. The summed E-state index contributed by atoms with van der Waals surface area (Å²) in [5.74, 6) is 0.147. The van der Waals surface area contributed by atoms with Gasteiger partial charge in [0.15, 0.2) is 0 Å². The Hall–Kier alpha value is -0.580. The van der Waals surface area contributed by atoms with Crippen molar-refractivity contribution in [3.8, 4) is 5.75 Å². The molecule has 1 aromatic carbocycles. The molecule has 0 amide bonds. The topological polar surface area (TPSA) is 40.5 Å². The lowest BCUT2D eigenvalue weighted by atomic mass is 10.1. The van der Waals surface area contributed by atoms with Crippen LogP contribution in [-0.2, 0) is 6.61 Å². The van der Waals surface area contributed by atoms with Crippen LogP contribution in [0.4, 0.5) is 0 Å². The highest BCUT2D eigenvalue weighted by atomic mass is 79.9. The van der Waals surface area contributed by atoms with Crippen molar-refractivity contribution in [2.45, 2.75) is 6.61 Å². The second kappa shape index (κ2) is 3.29. The monoisotopic (exact) mass is 258 g/mol. The molecule has 0 saturated carbocycles. The van der Waals surface area contributed by atoms with Gasteiger partial charge in [0.25, 0.3) is 0 Å². The first kappa shape index (κ1) is 8.99. The van der Waals surface area contributed by atoms with E-state index in [1.165, 1.54) is 0 Å². The molecule has 0 atom stereocenters. The highest BCUT2D eigenvalue weighted by Gasteiger charge is 2.06. The van der Waals surface area contributed by atoms with E-state index >= 15 is 0 Å². The fourth-order valence-electron chi connectivity index (χ4n) is 1.20. The van der Waals surface area contributed by atoms with Gasteiger partial charge in [-0.15, -0.1) is 11.3 Å². The summed E-state index contributed by atoms with van der Waals surface area (Å²) in [7, 11) is 0. The Bertz CT molecular complexity index is 450. The lowest BCUT2D eigenvalue weighted by molar-refractivity contribution is 0.276. The fraction of sp³-hybridized carbons (Fsp3) is 0.111. The van der Waals surface area contributed by atoms with Crippen LogP contribution in [0.15, 0.2) is 22.0 Å². The first-order valence-corrected chi connectivity index (χ1v) is 5.39. The Balaban J connectivity index is 2.76. The zero-order chi connectivity index (χ0) is 9.42. The third-order valence-corrected chi connectivity index (χ3v) is 3.80. The molecule has 2 aromatic rings. The summed E-state index contributed by atoms with van der Waals surface area (Å²) in [6, 6.07) is 3.47. The minimum absolute atomic E-state index is 0.128. The van der Waals surface area contributed by atoms with Gasteiger partial charge in [-0.2, -0.15) is 0 Å². The summed E-state index contributed by atoms with van der Waals surface area (Å²) < 4.78 is 2.04. The molecule has 0 aliphatic heterocycles. The lowest BCUT2D eigenvalue weighted by Crippen LogP contribution is -1.82. The predicted molar refractivity (Wildman–Crippen MR) is 57.1 cm³/mol. The maximum absolute atomic E-state index is 9.48. The van der Waals surface area contributed by atoms with Crippen molar-refractivity contribution in [2.75, 3.05) is 0 Å². The molecule has 0 aliphatic rings. The zero-order valence-corrected chi connectivity index (χ0v) is 9.02. The Morgan fingerprint density at radius 3 is 2.85 bits per heavy atom. The normalized spacial score (nSPS) is 10.9. The van der Waals surface area contributed by atoms with Crippen molar-refractivity contribution in [1.82, 2.24) is 0 Å². The average Bonchev–Trinajstić information content (AvgIpc) is 2.47. The molecule has 0 saturated heterocycles. The Morgan fingerprint density at radius 2 is 2.15 bits per heavy atom. The van der Waals surface area contributed by atoms with Crippen molar-refractivity contribution in [2.24, 2.45) is 0 Å². The van der Waals surface area contributed by atoms with Crippen LogP contribution in [0.1, 0.15) is 5.56 Å². The number of rotatable bonds is 1. The van der Waals surface area contributed by atoms with Crippen LogP contribution in [-0.4, -0.2) is 10.2 Å². The van der Waals surface area contributed by atoms with Gasteiger partial charge in [0, 0.05) is 25.5 Å². The van der Waals surface area contributed by atoms with Crippen molar-refractivity contribution in [3.63, 3.8) is 0 Å². The molecule has 2 nitrogen and oxygen atoms in total. The van der Waals surface area contributed by atoms with Crippen LogP contribution in [0.5, 0.6) is 5.75 Å². The molecule has 2 N–H and O–H groups in total. The molecular weight excluding hydrogens is 252 g/mol.